The van der Waals surface area contributed by atoms with Gasteiger partial charge in [0.25, 0.3) is 0 Å². The highest BCUT2D eigenvalue weighted by molar-refractivity contribution is 7.99. The van der Waals surface area contributed by atoms with Crippen LogP contribution in [0.25, 0.3) is 0 Å². The molecule has 4 nitrogen and oxygen atoms in total. The zero-order chi connectivity index (χ0) is 23.1. The second-order valence-electron chi connectivity index (χ2n) is 8.12. The molecule has 0 radical (unpaired) electrons. The summed E-state index contributed by atoms with van der Waals surface area (Å²) in [5, 5.41) is 2.67. The Bertz CT molecular complexity index is 1070. The molecular weight excluding hydrogens is 428 g/mol. The molecule has 0 spiro atoms. The molecule has 0 saturated carbocycles. The Labute approximate surface area is 195 Å². The van der Waals surface area contributed by atoms with Crippen LogP contribution in [0.5, 0.6) is 0 Å². The minimum atomic E-state index is -1.68. The van der Waals surface area contributed by atoms with Crippen LogP contribution in [0.4, 0.5) is 22.7 Å². The third-order valence-electron chi connectivity index (χ3n) is 5.21. The molecule has 4 aromatic rings. The van der Waals surface area contributed by atoms with Gasteiger partial charge >= 0.3 is 0 Å². The molecule has 32 heavy (non-hydrogen) atoms. The number of nitrogens with two attached hydrogens (primary N) is 4. The summed E-state index contributed by atoms with van der Waals surface area (Å²) >= 11 is 1.69. The predicted molar refractivity (Wildman–Crippen MR) is 144 cm³/mol. The van der Waals surface area contributed by atoms with E-state index < -0.39 is 8.07 Å². The fourth-order valence-electron chi connectivity index (χ4n) is 3.23. The molecular formula is C26H30N4SSi. The molecule has 0 aliphatic heterocycles. The Hall–Kier alpha value is -3.35. The quantitative estimate of drug-likeness (QED) is 0.263. The van der Waals surface area contributed by atoms with Gasteiger partial charge in [-0.15, -0.1) is 0 Å². The maximum Gasteiger partial charge on any atom is 0.112 e. The largest absolute Gasteiger partial charge is 0.399 e. The Balaban J connectivity index is 0.000000182. The first kappa shape index (κ1) is 23.3. The van der Waals surface area contributed by atoms with Crippen LogP contribution in [-0.4, -0.2) is 8.07 Å². The molecule has 0 fully saturated rings. The van der Waals surface area contributed by atoms with Crippen LogP contribution in [0.3, 0.4) is 0 Å². The first-order valence-electron chi connectivity index (χ1n) is 10.3. The van der Waals surface area contributed by atoms with Crippen molar-refractivity contribution in [2.75, 3.05) is 22.9 Å². The zero-order valence-electron chi connectivity index (χ0n) is 18.5. The van der Waals surface area contributed by atoms with Crippen LogP contribution in [0.15, 0.2) is 107 Å². The third kappa shape index (κ3) is 6.32. The first-order valence-corrected chi connectivity index (χ1v) is 14.2. The highest BCUT2D eigenvalue weighted by Crippen LogP contribution is 2.28. The van der Waals surface area contributed by atoms with Crippen molar-refractivity contribution in [3.63, 3.8) is 0 Å². The summed E-state index contributed by atoms with van der Waals surface area (Å²) in [7, 11) is -1.68. The number of hydrogen-bond donors (Lipinski definition) is 4. The molecule has 0 aliphatic carbocycles. The highest BCUT2D eigenvalue weighted by Gasteiger charge is 2.26. The van der Waals surface area contributed by atoms with Gasteiger partial charge in [-0.05, 0) is 72.8 Å². The fraction of sp³-hybridized carbons (Fsp3) is 0.0769. The van der Waals surface area contributed by atoms with Crippen LogP contribution in [0.2, 0.25) is 13.1 Å². The van der Waals surface area contributed by atoms with Crippen molar-refractivity contribution in [2.24, 2.45) is 0 Å². The minimum Gasteiger partial charge on any atom is -0.399 e. The van der Waals surface area contributed by atoms with Crippen molar-refractivity contribution in [3.05, 3.63) is 97.1 Å². The normalized spacial score (nSPS) is 10.8. The van der Waals surface area contributed by atoms with Crippen LogP contribution in [0.1, 0.15) is 0 Å². The number of anilines is 4. The highest BCUT2D eigenvalue weighted by atomic mass is 32.2. The van der Waals surface area contributed by atoms with Crippen molar-refractivity contribution >= 4 is 53.0 Å². The molecule has 6 heteroatoms. The smallest absolute Gasteiger partial charge is 0.112 e. The average Bonchev–Trinajstić information content (AvgIpc) is 2.77. The number of hydrogen-bond acceptors (Lipinski definition) is 5. The molecule has 0 unspecified atom stereocenters. The van der Waals surface area contributed by atoms with E-state index in [2.05, 4.69) is 37.4 Å². The Morgan fingerprint density at radius 2 is 0.875 bits per heavy atom. The second kappa shape index (κ2) is 10.3. The van der Waals surface area contributed by atoms with E-state index in [9.17, 15) is 0 Å². The van der Waals surface area contributed by atoms with Crippen molar-refractivity contribution in [1.29, 1.82) is 0 Å². The Morgan fingerprint density at radius 3 is 1.22 bits per heavy atom. The van der Waals surface area contributed by atoms with E-state index in [1.54, 1.807) is 11.8 Å². The van der Waals surface area contributed by atoms with Gasteiger partial charge in [-0.2, -0.15) is 0 Å². The van der Waals surface area contributed by atoms with Crippen LogP contribution < -0.4 is 33.3 Å². The minimum absolute atomic E-state index is 0.789. The molecule has 4 aromatic carbocycles. The lowest BCUT2D eigenvalue weighted by Gasteiger charge is -2.24. The van der Waals surface area contributed by atoms with Gasteiger partial charge < -0.3 is 22.9 Å². The fourth-order valence-corrected chi connectivity index (χ4v) is 6.46. The van der Waals surface area contributed by atoms with Gasteiger partial charge in [0.1, 0.15) is 8.07 Å². The van der Waals surface area contributed by atoms with Gasteiger partial charge in [-0.3, -0.25) is 0 Å². The monoisotopic (exact) mass is 458 g/mol. The summed E-state index contributed by atoms with van der Waals surface area (Å²) < 4.78 is 0. The predicted octanol–water partition coefficient (Wildman–Crippen LogP) is 4.68. The van der Waals surface area contributed by atoms with Crippen molar-refractivity contribution in [1.82, 2.24) is 0 Å². The Kier molecular flexibility index (Phi) is 7.51. The summed E-state index contributed by atoms with van der Waals surface area (Å²) in [4.78, 5) is 2.35. The Morgan fingerprint density at radius 1 is 0.500 bits per heavy atom. The molecule has 0 atom stereocenters. The summed E-state index contributed by atoms with van der Waals surface area (Å²) in [6, 6.07) is 32.0. The van der Waals surface area contributed by atoms with Gasteiger partial charge in [0, 0.05) is 32.5 Å². The van der Waals surface area contributed by atoms with E-state index in [0.29, 0.717) is 0 Å². The van der Waals surface area contributed by atoms with Gasteiger partial charge in [-0.1, -0.05) is 59.5 Å². The second-order valence-corrected chi connectivity index (χ2v) is 13.7. The number of nitrogen functional groups attached to an aromatic ring is 4. The molecule has 0 heterocycles. The van der Waals surface area contributed by atoms with E-state index >= 15 is 0 Å². The molecule has 0 amide bonds. The van der Waals surface area contributed by atoms with E-state index in [0.717, 1.165) is 22.7 Å². The molecule has 0 saturated heterocycles. The van der Waals surface area contributed by atoms with E-state index in [4.69, 9.17) is 22.9 Å². The average molecular weight is 459 g/mol. The first-order chi connectivity index (χ1) is 15.2. The van der Waals surface area contributed by atoms with E-state index in [-0.39, 0.29) is 0 Å². The van der Waals surface area contributed by atoms with Crippen molar-refractivity contribution in [3.8, 4) is 0 Å². The summed E-state index contributed by atoms with van der Waals surface area (Å²) in [6.07, 6.45) is 0. The lowest BCUT2D eigenvalue weighted by molar-refractivity contribution is 1.41. The van der Waals surface area contributed by atoms with Gasteiger partial charge in [0.2, 0.25) is 0 Å². The SMILES string of the molecule is C[Si](C)(c1cccc(N)c1)c1cccc(N)c1.Nc1ccc(Sc2ccc(N)cc2)cc1. The zero-order valence-corrected chi connectivity index (χ0v) is 20.3. The molecule has 164 valence electrons. The third-order valence-corrected chi connectivity index (χ3v) is 9.74. The van der Waals surface area contributed by atoms with Gasteiger partial charge in [-0.25, -0.2) is 0 Å². The standard InChI is InChI=1S/C14H18N2Si.C12H12N2S/c1-17(2,13-7-3-5-11(15)9-13)14-8-4-6-12(16)10-14;13-9-1-5-11(6-2-9)15-12-7-3-10(14)4-8-12/h3-10H,15-16H2,1-2H3;1-8H,13-14H2. The maximum atomic E-state index is 5.86. The van der Waals surface area contributed by atoms with E-state index in [1.165, 1.54) is 20.2 Å². The molecule has 0 aliphatic rings. The van der Waals surface area contributed by atoms with Crippen LogP contribution >= 0.6 is 11.8 Å². The van der Waals surface area contributed by atoms with Gasteiger partial charge in [0.05, 0.1) is 0 Å². The van der Waals surface area contributed by atoms with Crippen LogP contribution in [-0.2, 0) is 0 Å². The lowest BCUT2D eigenvalue weighted by Crippen LogP contribution is -2.52. The van der Waals surface area contributed by atoms with Crippen molar-refractivity contribution in [2.45, 2.75) is 22.9 Å². The lowest BCUT2D eigenvalue weighted by atomic mass is 10.3. The number of benzene rings is 4. The summed E-state index contributed by atoms with van der Waals surface area (Å²) in [5.41, 5.74) is 26.2. The molecule has 0 aromatic heterocycles. The number of rotatable bonds is 4. The summed E-state index contributed by atoms with van der Waals surface area (Å²) in [5.74, 6) is 0. The van der Waals surface area contributed by atoms with Crippen molar-refractivity contribution < 1.29 is 0 Å². The maximum absolute atomic E-state index is 5.86. The topological polar surface area (TPSA) is 104 Å². The van der Waals surface area contributed by atoms with Gasteiger partial charge in [0.15, 0.2) is 0 Å². The molecule has 8 N–H and O–H groups in total. The summed E-state index contributed by atoms with van der Waals surface area (Å²) in [6.45, 7) is 4.63. The van der Waals surface area contributed by atoms with Crippen LogP contribution in [0, 0.1) is 0 Å². The molecule has 0 bridgehead atoms. The molecule has 4 rings (SSSR count). The van der Waals surface area contributed by atoms with E-state index in [1.807, 2.05) is 72.8 Å².